The Labute approximate surface area is 122 Å². The minimum Gasteiger partial charge on any atom is -0.309 e. The van der Waals surface area contributed by atoms with Crippen molar-refractivity contribution in [2.24, 2.45) is 0 Å². The van der Waals surface area contributed by atoms with Crippen molar-refractivity contribution >= 4 is 34.8 Å². The molecular weight excluding hydrogens is 283 g/mol. The molecule has 0 spiro atoms. The van der Waals surface area contributed by atoms with Gasteiger partial charge in [-0.2, -0.15) is 0 Å². The van der Waals surface area contributed by atoms with Crippen molar-refractivity contribution in [2.45, 2.75) is 38.3 Å². The largest absolute Gasteiger partial charge is 0.309 e. The fraction of sp³-hybridized carbons (Fsp3) is 0.500. The highest BCUT2D eigenvalue weighted by molar-refractivity contribution is 6.36. The molecule has 3 rings (SSSR count). The fourth-order valence-electron chi connectivity index (χ4n) is 2.45. The number of hydrogen-bond donors (Lipinski definition) is 1. The zero-order valence-electron chi connectivity index (χ0n) is 10.7. The molecule has 2 aliphatic rings. The molecule has 102 valence electrons. The molecule has 1 amide bonds. The lowest BCUT2D eigenvalue weighted by molar-refractivity contribution is -0.118. The highest BCUT2D eigenvalue weighted by Gasteiger charge is 2.36. The fourth-order valence-corrected chi connectivity index (χ4v) is 2.93. The van der Waals surface area contributed by atoms with Gasteiger partial charge < -0.3 is 10.2 Å². The molecule has 1 heterocycles. The average molecular weight is 299 g/mol. The molecule has 1 aliphatic heterocycles. The molecular formula is C14H16Cl2N2O. The van der Waals surface area contributed by atoms with E-state index < -0.39 is 0 Å². The standard InChI is InChI=1S/C14H16Cl2N2O/c1-8-6-11(16)13(7-10(8)15)18-5-4-12(14(18)19)17-9-2-3-9/h6-7,9,12,17H,2-5H2,1H3. The number of anilines is 1. The number of amides is 1. The van der Waals surface area contributed by atoms with Crippen LogP contribution >= 0.6 is 23.2 Å². The number of nitrogens with zero attached hydrogens (tertiary/aromatic N) is 1. The second-order valence-corrected chi connectivity index (χ2v) is 6.14. The van der Waals surface area contributed by atoms with Crippen LogP contribution in [0.5, 0.6) is 0 Å². The monoisotopic (exact) mass is 298 g/mol. The zero-order chi connectivity index (χ0) is 13.6. The second-order valence-electron chi connectivity index (χ2n) is 5.32. The molecule has 0 aromatic heterocycles. The van der Waals surface area contributed by atoms with Gasteiger partial charge in [0.05, 0.1) is 16.8 Å². The van der Waals surface area contributed by atoms with E-state index in [1.165, 1.54) is 12.8 Å². The van der Waals surface area contributed by atoms with Crippen molar-refractivity contribution in [3.8, 4) is 0 Å². The van der Waals surface area contributed by atoms with E-state index in [0.717, 1.165) is 17.7 Å². The van der Waals surface area contributed by atoms with Crippen molar-refractivity contribution in [3.05, 3.63) is 27.7 Å². The Morgan fingerprint density at radius 3 is 2.63 bits per heavy atom. The summed E-state index contributed by atoms with van der Waals surface area (Å²) in [6.07, 6.45) is 3.19. The molecule has 1 N–H and O–H groups in total. The maximum atomic E-state index is 12.4. The average Bonchev–Trinajstić information content (AvgIpc) is 3.10. The summed E-state index contributed by atoms with van der Waals surface area (Å²) in [6.45, 7) is 2.60. The number of benzene rings is 1. The van der Waals surface area contributed by atoms with Gasteiger partial charge in [-0.3, -0.25) is 4.79 Å². The van der Waals surface area contributed by atoms with Crippen LogP contribution in [0.15, 0.2) is 12.1 Å². The van der Waals surface area contributed by atoms with Gasteiger partial charge in [0.25, 0.3) is 0 Å². The Morgan fingerprint density at radius 1 is 1.21 bits per heavy atom. The molecule has 1 aromatic carbocycles. The Morgan fingerprint density at radius 2 is 1.95 bits per heavy atom. The summed E-state index contributed by atoms with van der Waals surface area (Å²) in [4.78, 5) is 14.1. The molecule has 1 saturated heterocycles. The molecule has 1 unspecified atom stereocenters. The van der Waals surface area contributed by atoms with Crippen molar-refractivity contribution in [3.63, 3.8) is 0 Å². The topological polar surface area (TPSA) is 32.3 Å². The lowest BCUT2D eigenvalue weighted by atomic mass is 10.2. The zero-order valence-corrected chi connectivity index (χ0v) is 12.3. The third-order valence-corrected chi connectivity index (χ3v) is 4.45. The first-order valence-corrected chi connectivity index (χ1v) is 7.35. The molecule has 5 heteroatoms. The maximum absolute atomic E-state index is 12.4. The first kappa shape index (κ1) is 13.2. The summed E-state index contributed by atoms with van der Waals surface area (Å²) in [5.74, 6) is 0.105. The third-order valence-electron chi connectivity index (χ3n) is 3.74. The van der Waals surface area contributed by atoms with E-state index >= 15 is 0 Å². The predicted molar refractivity (Wildman–Crippen MR) is 78.1 cm³/mol. The van der Waals surface area contributed by atoms with Crippen LogP contribution in [-0.2, 0) is 4.79 Å². The van der Waals surface area contributed by atoms with Crippen LogP contribution in [0, 0.1) is 6.92 Å². The van der Waals surface area contributed by atoms with Gasteiger partial charge in [0.15, 0.2) is 0 Å². The highest BCUT2D eigenvalue weighted by atomic mass is 35.5. The highest BCUT2D eigenvalue weighted by Crippen LogP contribution is 2.34. The van der Waals surface area contributed by atoms with Gasteiger partial charge >= 0.3 is 0 Å². The van der Waals surface area contributed by atoms with Crippen molar-refractivity contribution < 1.29 is 4.79 Å². The van der Waals surface area contributed by atoms with E-state index in [1.54, 1.807) is 11.0 Å². The lowest BCUT2D eigenvalue weighted by Gasteiger charge is -2.19. The molecule has 1 atom stereocenters. The first-order chi connectivity index (χ1) is 9.06. The Bertz CT molecular complexity index is 528. The van der Waals surface area contributed by atoms with Crippen LogP contribution in [0.2, 0.25) is 10.0 Å². The summed E-state index contributed by atoms with van der Waals surface area (Å²) in [7, 11) is 0. The van der Waals surface area contributed by atoms with Gasteiger partial charge in [-0.05, 0) is 43.9 Å². The number of nitrogens with one attached hydrogen (secondary N) is 1. The molecule has 0 radical (unpaired) electrons. The van der Waals surface area contributed by atoms with Crippen LogP contribution in [0.1, 0.15) is 24.8 Å². The van der Waals surface area contributed by atoms with Gasteiger partial charge in [0, 0.05) is 17.6 Å². The summed E-state index contributed by atoms with van der Waals surface area (Å²) in [5, 5.41) is 4.61. The van der Waals surface area contributed by atoms with Crippen LogP contribution in [0.25, 0.3) is 0 Å². The number of carbonyl (C=O) groups excluding carboxylic acids is 1. The van der Waals surface area contributed by atoms with Gasteiger partial charge in [0.2, 0.25) is 5.91 Å². The maximum Gasteiger partial charge on any atom is 0.244 e. The summed E-state index contributed by atoms with van der Waals surface area (Å²) in [6, 6.07) is 4.07. The molecule has 0 bridgehead atoms. The molecule has 1 saturated carbocycles. The van der Waals surface area contributed by atoms with Crippen molar-refractivity contribution in [2.75, 3.05) is 11.4 Å². The number of rotatable bonds is 3. The molecule has 1 aliphatic carbocycles. The van der Waals surface area contributed by atoms with Crippen LogP contribution in [0.4, 0.5) is 5.69 Å². The Hall–Kier alpha value is -0.770. The van der Waals surface area contributed by atoms with E-state index in [1.807, 2.05) is 13.0 Å². The molecule has 1 aromatic rings. The normalized spacial score (nSPS) is 23.2. The Balaban J connectivity index is 1.82. The van der Waals surface area contributed by atoms with Crippen LogP contribution in [0.3, 0.4) is 0 Å². The quantitative estimate of drug-likeness (QED) is 0.930. The summed E-state index contributed by atoms with van der Waals surface area (Å²) < 4.78 is 0. The van der Waals surface area contributed by atoms with E-state index in [0.29, 0.717) is 22.6 Å². The minimum absolute atomic E-state index is 0.0661. The molecule has 2 fully saturated rings. The van der Waals surface area contributed by atoms with Crippen LogP contribution in [-0.4, -0.2) is 24.5 Å². The second kappa shape index (κ2) is 4.97. The van der Waals surface area contributed by atoms with E-state index in [-0.39, 0.29) is 11.9 Å². The first-order valence-electron chi connectivity index (χ1n) is 6.59. The van der Waals surface area contributed by atoms with Crippen LogP contribution < -0.4 is 10.2 Å². The smallest absolute Gasteiger partial charge is 0.244 e. The SMILES string of the molecule is Cc1cc(Cl)c(N2CCC(NC3CC3)C2=O)cc1Cl. The number of carbonyl (C=O) groups is 1. The predicted octanol–water partition coefficient (Wildman–Crippen LogP) is 3.16. The number of halogens is 2. The van der Waals surface area contributed by atoms with Crippen molar-refractivity contribution in [1.29, 1.82) is 0 Å². The summed E-state index contributed by atoms with van der Waals surface area (Å²) in [5.41, 5.74) is 1.65. The van der Waals surface area contributed by atoms with Gasteiger partial charge in [-0.1, -0.05) is 23.2 Å². The van der Waals surface area contributed by atoms with Crippen molar-refractivity contribution in [1.82, 2.24) is 5.32 Å². The van der Waals surface area contributed by atoms with E-state index in [4.69, 9.17) is 23.2 Å². The van der Waals surface area contributed by atoms with Gasteiger partial charge in [-0.15, -0.1) is 0 Å². The van der Waals surface area contributed by atoms with Gasteiger partial charge in [-0.25, -0.2) is 0 Å². The Kier molecular flexibility index (Phi) is 3.46. The van der Waals surface area contributed by atoms with E-state index in [2.05, 4.69) is 5.32 Å². The van der Waals surface area contributed by atoms with Gasteiger partial charge in [0.1, 0.15) is 0 Å². The lowest BCUT2D eigenvalue weighted by Crippen LogP contribution is -2.39. The molecule has 3 nitrogen and oxygen atoms in total. The molecule has 19 heavy (non-hydrogen) atoms. The number of aryl methyl sites for hydroxylation is 1. The van der Waals surface area contributed by atoms with E-state index in [9.17, 15) is 4.79 Å². The number of hydrogen-bond acceptors (Lipinski definition) is 2. The minimum atomic E-state index is -0.0661. The summed E-state index contributed by atoms with van der Waals surface area (Å²) >= 11 is 12.4. The third kappa shape index (κ3) is 2.60.